The molecule has 1 atom stereocenters. The van der Waals surface area contributed by atoms with Crippen molar-refractivity contribution in [3.05, 3.63) is 107 Å². The number of ether oxygens (including phenoxy) is 2. The van der Waals surface area contributed by atoms with Crippen molar-refractivity contribution >= 4 is 34.5 Å². The Labute approximate surface area is 202 Å². The summed E-state index contributed by atoms with van der Waals surface area (Å²) in [5.74, 6) is 0.481. The summed E-state index contributed by atoms with van der Waals surface area (Å²) in [4.78, 5) is 17.2. The number of aromatic nitrogens is 1. The summed E-state index contributed by atoms with van der Waals surface area (Å²) in [7, 11) is 1.51. The second-order valence-electron chi connectivity index (χ2n) is 7.46. The minimum atomic E-state index is -0.846. The number of amides is 1. The van der Waals surface area contributed by atoms with Crippen LogP contribution in [0.2, 0.25) is 5.02 Å². The van der Waals surface area contributed by atoms with E-state index in [4.69, 9.17) is 21.1 Å². The number of nitrogens with zero attached hydrogens (tertiary/aromatic N) is 1. The van der Waals surface area contributed by atoms with Crippen LogP contribution in [-0.4, -0.2) is 29.7 Å². The molecule has 3 aromatic carbocycles. The number of fused-ring (bicyclic) bond motifs is 1. The van der Waals surface area contributed by atoms with Crippen molar-refractivity contribution in [1.29, 1.82) is 0 Å². The molecule has 0 radical (unpaired) electrons. The number of hydrogen-bond acceptors (Lipinski definition) is 5. The lowest BCUT2D eigenvalue weighted by Crippen LogP contribution is -2.34. The summed E-state index contributed by atoms with van der Waals surface area (Å²) in [6.45, 7) is -0.219. The molecule has 0 aliphatic carbocycles. The molecular weight excluding hydrogens is 452 g/mol. The third-order valence-electron chi connectivity index (χ3n) is 5.20. The van der Waals surface area contributed by atoms with Crippen molar-refractivity contribution in [1.82, 2.24) is 10.3 Å². The topological polar surface area (TPSA) is 80.7 Å². The Morgan fingerprint density at radius 3 is 2.50 bits per heavy atom. The second kappa shape index (κ2) is 10.7. The first kappa shape index (κ1) is 23.1. The molecule has 1 heterocycles. The molecule has 0 saturated carbocycles. The van der Waals surface area contributed by atoms with Gasteiger partial charge in [0.2, 0.25) is 0 Å². The molecule has 4 rings (SSSR count). The van der Waals surface area contributed by atoms with Crippen LogP contribution >= 0.6 is 11.6 Å². The molecule has 0 saturated heterocycles. The van der Waals surface area contributed by atoms with Crippen LogP contribution in [0, 0.1) is 0 Å². The Balaban J connectivity index is 1.72. The molecular formula is C27H23ClN2O4. The largest absolute Gasteiger partial charge is 0.505 e. The summed E-state index contributed by atoms with van der Waals surface area (Å²) in [5.41, 5.74) is 1.55. The van der Waals surface area contributed by atoms with Gasteiger partial charge in [0.1, 0.15) is 28.8 Å². The van der Waals surface area contributed by atoms with Gasteiger partial charge in [0.05, 0.1) is 12.1 Å². The smallest absolute Gasteiger partial charge is 0.258 e. The first-order chi connectivity index (χ1) is 16.6. The molecule has 0 spiro atoms. The maximum Gasteiger partial charge on any atom is 0.258 e. The van der Waals surface area contributed by atoms with Crippen molar-refractivity contribution in [3.63, 3.8) is 0 Å². The van der Waals surface area contributed by atoms with Gasteiger partial charge >= 0.3 is 0 Å². The number of rotatable bonds is 8. The van der Waals surface area contributed by atoms with E-state index in [-0.39, 0.29) is 12.4 Å². The van der Waals surface area contributed by atoms with Crippen molar-refractivity contribution in [2.75, 3.05) is 13.7 Å². The molecule has 0 fully saturated rings. The highest BCUT2D eigenvalue weighted by molar-refractivity contribution is 6.35. The van der Waals surface area contributed by atoms with E-state index in [9.17, 15) is 9.90 Å². The zero-order chi connectivity index (χ0) is 23.9. The maximum atomic E-state index is 12.9. The number of para-hydroxylation sites is 1. The number of aromatic hydroxyl groups is 1. The van der Waals surface area contributed by atoms with E-state index in [0.717, 1.165) is 5.56 Å². The number of phenolic OH excluding ortho intramolecular Hbond substituents is 1. The molecule has 0 bridgehead atoms. The summed E-state index contributed by atoms with van der Waals surface area (Å²) in [6.07, 6.45) is 3.36. The minimum absolute atomic E-state index is 0.0923. The number of pyridine rings is 1. The van der Waals surface area contributed by atoms with Crippen molar-refractivity contribution < 1.29 is 19.4 Å². The average molecular weight is 475 g/mol. The summed E-state index contributed by atoms with van der Waals surface area (Å²) in [5, 5.41) is 15.0. The molecule has 34 heavy (non-hydrogen) atoms. The van der Waals surface area contributed by atoms with Gasteiger partial charge in [-0.2, -0.15) is 0 Å². The first-order valence-electron chi connectivity index (χ1n) is 10.6. The highest BCUT2D eigenvalue weighted by Gasteiger charge is 2.26. The van der Waals surface area contributed by atoms with Gasteiger partial charge in [-0.25, -0.2) is 0 Å². The molecule has 2 N–H and O–H groups in total. The number of hydrogen-bond donors (Lipinski definition) is 2. The van der Waals surface area contributed by atoms with Crippen molar-refractivity contribution in [2.45, 2.75) is 6.04 Å². The van der Waals surface area contributed by atoms with E-state index in [1.54, 1.807) is 42.6 Å². The highest BCUT2D eigenvalue weighted by Crippen LogP contribution is 2.39. The number of carbonyl (C=O) groups is 1. The van der Waals surface area contributed by atoms with E-state index >= 15 is 0 Å². The van der Waals surface area contributed by atoms with Crippen LogP contribution in [0.25, 0.3) is 17.0 Å². The average Bonchev–Trinajstić information content (AvgIpc) is 2.88. The number of phenols is 1. The molecule has 1 amide bonds. The zero-order valence-electron chi connectivity index (χ0n) is 18.4. The molecule has 172 valence electrons. The molecule has 6 nitrogen and oxygen atoms in total. The van der Waals surface area contributed by atoms with Gasteiger partial charge in [-0.3, -0.25) is 9.78 Å². The molecule has 0 aliphatic heterocycles. The van der Waals surface area contributed by atoms with Crippen LogP contribution in [0.4, 0.5) is 0 Å². The number of carbonyl (C=O) groups excluding carboxylic acids is 1. The highest BCUT2D eigenvalue weighted by atomic mass is 35.5. The summed E-state index contributed by atoms with van der Waals surface area (Å²) >= 11 is 6.52. The van der Waals surface area contributed by atoms with Gasteiger partial charge in [0, 0.05) is 17.1 Å². The Morgan fingerprint density at radius 2 is 1.79 bits per heavy atom. The standard InChI is InChI=1S/C27H23ClN2O4/c1-33-23(15-18-9-4-2-5-10-18)25(30-24(31)17-34-19-11-6-3-7-12-19)21-16-22(28)20-13-8-14-29-26(20)27(21)32/h2-16,25,32H,17H2,1H3,(H,30,31). The third kappa shape index (κ3) is 5.30. The lowest BCUT2D eigenvalue weighted by Gasteiger charge is -2.23. The fraction of sp³-hybridized carbons (Fsp3) is 0.111. The molecule has 4 aromatic rings. The van der Waals surface area contributed by atoms with E-state index in [0.29, 0.717) is 33.0 Å². The monoisotopic (exact) mass is 474 g/mol. The summed E-state index contributed by atoms with van der Waals surface area (Å²) in [6, 6.07) is 22.8. The molecule has 1 aromatic heterocycles. The van der Waals surface area contributed by atoms with Crippen LogP contribution in [0.5, 0.6) is 11.5 Å². The lowest BCUT2D eigenvalue weighted by atomic mass is 9.99. The van der Waals surface area contributed by atoms with E-state index < -0.39 is 11.9 Å². The maximum absolute atomic E-state index is 12.9. The number of methoxy groups -OCH3 is 1. The fourth-order valence-electron chi connectivity index (χ4n) is 3.57. The van der Waals surface area contributed by atoms with E-state index in [1.807, 2.05) is 48.5 Å². The van der Waals surface area contributed by atoms with Crippen LogP contribution in [0.15, 0.2) is 90.8 Å². The van der Waals surface area contributed by atoms with Gasteiger partial charge in [-0.05, 0) is 42.0 Å². The van der Waals surface area contributed by atoms with Crippen molar-refractivity contribution in [3.8, 4) is 11.5 Å². The molecule has 0 aliphatic rings. The minimum Gasteiger partial charge on any atom is -0.505 e. The van der Waals surface area contributed by atoms with Crippen LogP contribution in [0.3, 0.4) is 0 Å². The zero-order valence-corrected chi connectivity index (χ0v) is 19.2. The lowest BCUT2D eigenvalue weighted by molar-refractivity contribution is -0.123. The van der Waals surface area contributed by atoms with Gasteiger partial charge in [-0.1, -0.05) is 60.1 Å². The quantitative estimate of drug-likeness (QED) is 0.329. The van der Waals surface area contributed by atoms with Gasteiger partial charge in [-0.15, -0.1) is 0 Å². The number of nitrogens with one attached hydrogen (secondary N) is 1. The van der Waals surface area contributed by atoms with Crippen molar-refractivity contribution in [2.24, 2.45) is 0 Å². The number of halogens is 1. The van der Waals surface area contributed by atoms with Crippen LogP contribution in [-0.2, 0) is 9.53 Å². The molecule has 7 heteroatoms. The normalized spacial score (nSPS) is 12.2. The molecule has 1 unspecified atom stereocenters. The Bertz CT molecular complexity index is 1310. The SMILES string of the molecule is COC(=Cc1ccccc1)C(NC(=O)COc1ccccc1)c1cc(Cl)c2cccnc2c1O. The number of benzene rings is 3. The van der Waals surface area contributed by atoms with Crippen LogP contribution in [0.1, 0.15) is 17.2 Å². The van der Waals surface area contributed by atoms with Gasteiger partial charge in [0.15, 0.2) is 6.61 Å². The third-order valence-corrected chi connectivity index (χ3v) is 5.52. The van der Waals surface area contributed by atoms with E-state index in [1.165, 1.54) is 7.11 Å². The Kier molecular flexibility index (Phi) is 7.30. The Morgan fingerprint density at radius 1 is 1.09 bits per heavy atom. The predicted octanol–water partition coefficient (Wildman–Crippen LogP) is 5.52. The predicted molar refractivity (Wildman–Crippen MR) is 133 cm³/mol. The Hall–Kier alpha value is -4.03. The van der Waals surface area contributed by atoms with E-state index in [2.05, 4.69) is 10.3 Å². The first-order valence-corrected chi connectivity index (χ1v) is 11.0. The second-order valence-corrected chi connectivity index (χ2v) is 7.87. The van der Waals surface area contributed by atoms with Gasteiger partial charge in [0.25, 0.3) is 5.91 Å². The summed E-state index contributed by atoms with van der Waals surface area (Å²) < 4.78 is 11.3. The fourth-order valence-corrected chi connectivity index (χ4v) is 3.84. The van der Waals surface area contributed by atoms with Gasteiger partial charge < -0.3 is 19.9 Å². The van der Waals surface area contributed by atoms with Crippen LogP contribution < -0.4 is 10.1 Å².